The molecule has 1 heterocycles. The summed E-state index contributed by atoms with van der Waals surface area (Å²) < 4.78 is 0. The lowest BCUT2D eigenvalue weighted by Crippen LogP contribution is -2.43. The summed E-state index contributed by atoms with van der Waals surface area (Å²) in [6.07, 6.45) is 2.99. The molecule has 0 aliphatic carbocycles. The van der Waals surface area contributed by atoms with E-state index in [1.807, 2.05) is 27.2 Å². The molecule has 0 aromatic carbocycles. The summed E-state index contributed by atoms with van der Waals surface area (Å²) in [7, 11) is 1.84. The highest BCUT2D eigenvalue weighted by Gasteiger charge is 2.22. The van der Waals surface area contributed by atoms with Crippen molar-refractivity contribution in [1.82, 2.24) is 15.2 Å². The molecule has 0 aliphatic heterocycles. The standard InChI is InChI=1S/C14H25N3OS2/c1-7-12-16-10(3)13(20-12)11(4)17(5)14(18)15-9(2)8-19-6/h9,11H,7-8H2,1-6H3,(H,15,18)/t9-,11-/m1/s1. The highest BCUT2D eigenvalue weighted by atomic mass is 32.2. The highest BCUT2D eigenvalue weighted by molar-refractivity contribution is 7.98. The summed E-state index contributed by atoms with van der Waals surface area (Å²) in [6, 6.07) is 0.208. The number of nitrogens with one attached hydrogen (secondary N) is 1. The number of hydrogen-bond donors (Lipinski definition) is 1. The zero-order chi connectivity index (χ0) is 15.3. The summed E-state index contributed by atoms with van der Waals surface area (Å²) in [5.41, 5.74) is 1.04. The van der Waals surface area contributed by atoms with Crippen molar-refractivity contribution in [3.05, 3.63) is 15.6 Å². The number of nitrogens with zero attached hydrogens (tertiary/aromatic N) is 2. The molecule has 0 fully saturated rings. The number of thiazole rings is 1. The molecule has 20 heavy (non-hydrogen) atoms. The van der Waals surface area contributed by atoms with Gasteiger partial charge in [0.25, 0.3) is 0 Å². The number of amides is 2. The second-order valence-corrected chi connectivity index (χ2v) is 7.03. The topological polar surface area (TPSA) is 45.2 Å². The molecule has 1 rings (SSSR count). The molecule has 114 valence electrons. The minimum atomic E-state index is -0.0232. The molecule has 1 N–H and O–H groups in total. The SMILES string of the molecule is CCc1nc(C)c([C@@H](C)N(C)C(=O)N[C@H](C)CSC)s1. The fourth-order valence-corrected chi connectivity index (χ4v) is 3.65. The van der Waals surface area contributed by atoms with Gasteiger partial charge in [-0.15, -0.1) is 11.3 Å². The lowest BCUT2D eigenvalue weighted by Gasteiger charge is -2.26. The van der Waals surface area contributed by atoms with Gasteiger partial charge in [0.05, 0.1) is 16.7 Å². The Bertz CT molecular complexity index is 448. The van der Waals surface area contributed by atoms with Crippen LogP contribution in [0.4, 0.5) is 4.79 Å². The first kappa shape index (κ1) is 17.3. The Hall–Kier alpha value is -0.750. The molecule has 0 spiro atoms. The third kappa shape index (κ3) is 4.38. The molecule has 0 saturated heterocycles. The van der Waals surface area contributed by atoms with E-state index < -0.39 is 0 Å². The van der Waals surface area contributed by atoms with E-state index in [0.717, 1.165) is 22.9 Å². The molecular weight excluding hydrogens is 290 g/mol. The van der Waals surface area contributed by atoms with Crippen molar-refractivity contribution in [2.24, 2.45) is 0 Å². The van der Waals surface area contributed by atoms with Crippen molar-refractivity contribution in [3.63, 3.8) is 0 Å². The molecule has 0 bridgehead atoms. The van der Waals surface area contributed by atoms with Crippen LogP contribution in [0.3, 0.4) is 0 Å². The van der Waals surface area contributed by atoms with Gasteiger partial charge in [-0.05, 0) is 33.4 Å². The van der Waals surface area contributed by atoms with Crippen LogP contribution in [0.15, 0.2) is 0 Å². The van der Waals surface area contributed by atoms with Gasteiger partial charge in [-0.1, -0.05) is 6.92 Å². The Labute approximate surface area is 130 Å². The van der Waals surface area contributed by atoms with E-state index in [2.05, 4.69) is 24.1 Å². The monoisotopic (exact) mass is 315 g/mol. The van der Waals surface area contributed by atoms with Crippen molar-refractivity contribution >= 4 is 29.1 Å². The van der Waals surface area contributed by atoms with E-state index in [0.29, 0.717) is 0 Å². The third-order valence-corrected chi connectivity index (χ3v) is 5.55. The summed E-state index contributed by atoms with van der Waals surface area (Å²) in [6.45, 7) is 8.20. The Morgan fingerprint density at radius 3 is 2.65 bits per heavy atom. The second kappa shape index (κ2) is 7.88. The highest BCUT2D eigenvalue weighted by Crippen LogP contribution is 2.28. The first-order valence-corrected chi connectivity index (χ1v) is 9.10. The number of urea groups is 1. The fourth-order valence-electron chi connectivity index (χ4n) is 1.96. The summed E-state index contributed by atoms with van der Waals surface area (Å²) in [5.74, 6) is 0.924. The molecule has 0 saturated carbocycles. The van der Waals surface area contributed by atoms with Crippen molar-refractivity contribution in [2.45, 2.75) is 46.2 Å². The van der Waals surface area contributed by atoms with Gasteiger partial charge in [-0.3, -0.25) is 0 Å². The fraction of sp³-hybridized carbons (Fsp3) is 0.714. The lowest BCUT2D eigenvalue weighted by atomic mass is 10.2. The molecule has 0 unspecified atom stereocenters. The molecule has 4 nitrogen and oxygen atoms in total. The second-order valence-electron chi connectivity index (χ2n) is 5.00. The quantitative estimate of drug-likeness (QED) is 0.874. The molecule has 6 heteroatoms. The van der Waals surface area contributed by atoms with E-state index in [9.17, 15) is 4.79 Å². The molecule has 2 amide bonds. The minimum Gasteiger partial charge on any atom is -0.335 e. The molecular formula is C14H25N3OS2. The Morgan fingerprint density at radius 1 is 1.50 bits per heavy atom. The maximum Gasteiger partial charge on any atom is 0.317 e. The van der Waals surface area contributed by atoms with Crippen molar-refractivity contribution in [1.29, 1.82) is 0 Å². The van der Waals surface area contributed by atoms with E-state index in [-0.39, 0.29) is 18.1 Å². The van der Waals surface area contributed by atoms with Crippen LogP contribution in [-0.4, -0.2) is 41.0 Å². The zero-order valence-corrected chi connectivity index (χ0v) is 14.8. The average molecular weight is 316 g/mol. The maximum absolute atomic E-state index is 12.2. The van der Waals surface area contributed by atoms with Crippen LogP contribution in [0, 0.1) is 6.92 Å². The normalized spacial score (nSPS) is 13.9. The largest absolute Gasteiger partial charge is 0.335 e. The number of rotatable bonds is 6. The van der Waals surface area contributed by atoms with Gasteiger partial charge in [0.1, 0.15) is 0 Å². The predicted octanol–water partition coefficient (Wildman–Crippen LogP) is 3.47. The number of thioether (sulfide) groups is 1. The van der Waals surface area contributed by atoms with Gasteiger partial charge >= 0.3 is 6.03 Å². The number of aromatic nitrogens is 1. The first-order chi connectivity index (χ1) is 9.40. The number of hydrogen-bond acceptors (Lipinski definition) is 4. The van der Waals surface area contributed by atoms with Crippen LogP contribution in [0.5, 0.6) is 0 Å². The van der Waals surface area contributed by atoms with Crippen molar-refractivity contribution < 1.29 is 4.79 Å². The van der Waals surface area contributed by atoms with Gasteiger partial charge in [0.15, 0.2) is 0 Å². The summed E-state index contributed by atoms with van der Waals surface area (Å²) in [5, 5.41) is 4.16. The van der Waals surface area contributed by atoms with Gasteiger partial charge in [0.2, 0.25) is 0 Å². The van der Waals surface area contributed by atoms with E-state index in [1.54, 1.807) is 28.0 Å². The van der Waals surface area contributed by atoms with Gasteiger partial charge in [0, 0.05) is 23.7 Å². The Morgan fingerprint density at radius 2 is 2.15 bits per heavy atom. The van der Waals surface area contributed by atoms with Gasteiger partial charge < -0.3 is 10.2 Å². The smallest absolute Gasteiger partial charge is 0.317 e. The van der Waals surface area contributed by atoms with E-state index in [4.69, 9.17) is 0 Å². The van der Waals surface area contributed by atoms with Crippen LogP contribution in [0.25, 0.3) is 0 Å². The lowest BCUT2D eigenvalue weighted by molar-refractivity contribution is 0.192. The van der Waals surface area contributed by atoms with E-state index >= 15 is 0 Å². The zero-order valence-electron chi connectivity index (χ0n) is 13.2. The van der Waals surface area contributed by atoms with Crippen LogP contribution in [0.2, 0.25) is 0 Å². The number of aryl methyl sites for hydroxylation is 2. The number of carbonyl (C=O) groups excluding carboxylic acids is 1. The Balaban J connectivity index is 2.72. The summed E-state index contributed by atoms with van der Waals surface area (Å²) in [4.78, 5) is 19.7. The Kier molecular flexibility index (Phi) is 6.82. The van der Waals surface area contributed by atoms with E-state index in [1.165, 1.54) is 4.88 Å². The van der Waals surface area contributed by atoms with Crippen LogP contribution in [0.1, 0.15) is 42.4 Å². The molecule has 0 radical (unpaired) electrons. The maximum atomic E-state index is 12.2. The van der Waals surface area contributed by atoms with Gasteiger partial charge in [-0.25, -0.2) is 9.78 Å². The third-order valence-electron chi connectivity index (χ3n) is 3.25. The molecule has 1 aromatic rings. The minimum absolute atomic E-state index is 0.0232. The van der Waals surface area contributed by atoms with Gasteiger partial charge in [-0.2, -0.15) is 11.8 Å². The summed E-state index contributed by atoms with van der Waals surface area (Å²) >= 11 is 3.44. The average Bonchev–Trinajstić information content (AvgIpc) is 2.78. The number of carbonyl (C=O) groups is 1. The van der Waals surface area contributed by atoms with Crippen LogP contribution >= 0.6 is 23.1 Å². The molecule has 0 aliphatic rings. The van der Waals surface area contributed by atoms with Crippen LogP contribution < -0.4 is 5.32 Å². The molecule has 1 aromatic heterocycles. The molecule has 2 atom stereocenters. The van der Waals surface area contributed by atoms with Crippen molar-refractivity contribution in [2.75, 3.05) is 19.1 Å². The first-order valence-electron chi connectivity index (χ1n) is 6.89. The van der Waals surface area contributed by atoms with Crippen LogP contribution in [-0.2, 0) is 6.42 Å². The predicted molar refractivity (Wildman–Crippen MR) is 88.8 cm³/mol. The van der Waals surface area contributed by atoms with Crippen molar-refractivity contribution in [3.8, 4) is 0 Å².